The molecule has 0 saturated heterocycles. The second-order valence-corrected chi connectivity index (χ2v) is 5.79. The van der Waals surface area contributed by atoms with Gasteiger partial charge in [0.15, 0.2) is 6.61 Å². The summed E-state index contributed by atoms with van der Waals surface area (Å²) in [6.45, 7) is 5.59. The highest BCUT2D eigenvalue weighted by atomic mass is 16.6. The highest BCUT2D eigenvalue weighted by molar-refractivity contribution is 6.31. The molecule has 2 N–H and O–H groups in total. The monoisotopic (exact) mass is 339 g/mol. The highest BCUT2D eigenvalue weighted by Gasteiger charge is 2.04. The van der Waals surface area contributed by atoms with E-state index in [1.165, 1.54) is 0 Å². The molecule has 130 valence electrons. The van der Waals surface area contributed by atoms with E-state index in [1.54, 1.807) is 12.1 Å². The average Bonchev–Trinajstić information content (AvgIpc) is 2.53. The fourth-order valence-corrected chi connectivity index (χ4v) is 2.24. The van der Waals surface area contributed by atoms with E-state index in [2.05, 4.69) is 15.8 Å². The van der Waals surface area contributed by atoms with Gasteiger partial charge in [-0.25, -0.2) is 0 Å². The lowest BCUT2D eigenvalue weighted by molar-refractivity contribution is -0.120. The molecule has 0 fully saturated rings. The van der Waals surface area contributed by atoms with Crippen LogP contribution in [0.25, 0.3) is 0 Å². The molecule has 0 heterocycles. The van der Waals surface area contributed by atoms with Crippen molar-refractivity contribution >= 4 is 29.4 Å². The summed E-state index contributed by atoms with van der Waals surface area (Å²) in [5.74, 6) is -0.778. The molecule has 25 heavy (non-hydrogen) atoms. The summed E-state index contributed by atoms with van der Waals surface area (Å²) in [6.07, 6.45) is 0.990. The first-order valence-electron chi connectivity index (χ1n) is 7.83. The molecule has 6 heteroatoms. The Balaban J connectivity index is 1.75. The third-order valence-electron chi connectivity index (χ3n) is 3.26. The number of rotatable bonds is 6. The van der Waals surface area contributed by atoms with Gasteiger partial charge in [0.2, 0.25) is 0 Å². The van der Waals surface area contributed by atoms with Crippen LogP contribution in [0, 0.1) is 20.8 Å². The van der Waals surface area contributed by atoms with E-state index < -0.39 is 5.91 Å². The molecule has 6 nitrogen and oxygen atoms in total. The van der Waals surface area contributed by atoms with Crippen LogP contribution < -0.4 is 10.6 Å². The van der Waals surface area contributed by atoms with Crippen LogP contribution in [0.5, 0.6) is 0 Å². The molecule has 2 aromatic carbocycles. The van der Waals surface area contributed by atoms with Crippen molar-refractivity contribution in [2.24, 2.45) is 5.16 Å². The Morgan fingerprint density at radius 3 is 2.20 bits per heavy atom. The van der Waals surface area contributed by atoms with Gasteiger partial charge in [0.05, 0.1) is 0 Å². The Bertz CT molecular complexity index is 763. The molecular weight excluding hydrogens is 318 g/mol. The summed E-state index contributed by atoms with van der Waals surface area (Å²) in [5.41, 5.74) is 4.58. The van der Waals surface area contributed by atoms with Crippen molar-refractivity contribution in [2.45, 2.75) is 20.8 Å². The molecular formula is C19H21N3O3. The molecule has 0 aliphatic heterocycles. The molecule has 0 saturated carbocycles. The maximum Gasteiger partial charge on any atom is 0.270 e. The molecule has 0 radical (unpaired) electrons. The molecule has 2 rings (SSSR count). The van der Waals surface area contributed by atoms with Gasteiger partial charge in [-0.1, -0.05) is 28.9 Å². The Kier molecular flexibility index (Phi) is 6.28. The van der Waals surface area contributed by atoms with E-state index in [-0.39, 0.29) is 12.5 Å². The van der Waals surface area contributed by atoms with Gasteiger partial charge in [0, 0.05) is 11.4 Å². The second-order valence-electron chi connectivity index (χ2n) is 5.79. The molecule has 2 aromatic rings. The van der Waals surface area contributed by atoms with Crippen LogP contribution in [-0.2, 0) is 14.4 Å². The predicted octanol–water partition coefficient (Wildman–Crippen LogP) is 3.19. The molecule has 0 bridgehead atoms. The quantitative estimate of drug-likeness (QED) is 0.626. The van der Waals surface area contributed by atoms with E-state index >= 15 is 0 Å². The number of hydrogen-bond acceptors (Lipinski definition) is 4. The van der Waals surface area contributed by atoms with E-state index in [1.807, 2.05) is 51.1 Å². The zero-order valence-corrected chi connectivity index (χ0v) is 14.5. The lowest BCUT2D eigenvalue weighted by Crippen LogP contribution is -2.18. The summed E-state index contributed by atoms with van der Waals surface area (Å²) in [6, 6.07) is 13.1. The van der Waals surface area contributed by atoms with Gasteiger partial charge >= 0.3 is 0 Å². The lowest BCUT2D eigenvalue weighted by atomic mass is 10.1. The van der Waals surface area contributed by atoms with E-state index in [0.29, 0.717) is 11.4 Å². The maximum atomic E-state index is 11.8. The first-order valence-corrected chi connectivity index (χ1v) is 7.83. The predicted molar refractivity (Wildman–Crippen MR) is 98.8 cm³/mol. The molecule has 0 aliphatic carbocycles. The number of benzene rings is 2. The van der Waals surface area contributed by atoms with Gasteiger partial charge in [-0.3, -0.25) is 9.59 Å². The molecule has 2 amide bonds. The third-order valence-corrected chi connectivity index (χ3v) is 3.26. The SMILES string of the molecule is Cc1ccc(NC(=O)C=NOCC(=O)Nc2cc(C)cc(C)c2)cc1. The molecule has 0 aliphatic rings. The molecule has 0 unspecified atom stereocenters. The van der Waals surface area contributed by atoms with Crippen LogP contribution in [0.1, 0.15) is 16.7 Å². The smallest absolute Gasteiger partial charge is 0.270 e. The first kappa shape index (κ1) is 18.2. The normalized spacial score (nSPS) is 10.5. The largest absolute Gasteiger partial charge is 0.385 e. The summed E-state index contributed by atoms with van der Waals surface area (Å²) in [5, 5.41) is 8.86. The number of carbonyl (C=O) groups is 2. The van der Waals surface area contributed by atoms with Crippen molar-refractivity contribution in [1.29, 1.82) is 0 Å². The van der Waals surface area contributed by atoms with Crippen LogP contribution in [-0.4, -0.2) is 24.6 Å². The molecule has 0 aromatic heterocycles. The van der Waals surface area contributed by atoms with Gasteiger partial charge in [0.1, 0.15) is 6.21 Å². The number of aryl methyl sites for hydroxylation is 3. The first-order chi connectivity index (χ1) is 11.9. The Morgan fingerprint density at radius 1 is 0.920 bits per heavy atom. The van der Waals surface area contributed by atoms with Crippen molar-refractivity contribution < 1.29 is 14.4 Å². The fraction of sp³-hybridized carbons (Fsp3) is 0.211. The zero-order chi connectivity index (χ0) is 18.2. The summed E-state index contributed by atoms with van der Waals surface area (Å²) >= 11 is 0. The molecule has 0 spiro atoms. The van der Waals surface area contributed by atoms with Crippen molar-refractivity contribution in [2.75, 3.05) is 17.2 Å². The number of amides is 2. The van der Waals surface area contributed by atoms with Crippen molar-refractivity contribution in [3.8, 4) is 0 Å². The second kappa shape index (κ2) is 8.63. The van der Waals surface area contributed by atoms with Crippen molar-refractivity contribution in [1.82, 2.24) is 0 Å². The van der Waals surface area contributed by atoms with Crippen LogP contribution in [0.3, 0.4) is 0 Å². The van der Waals surface area contributed by atoms with Crippen molar-refractivity contribution in [3.63, 3.8) is 0 Å². The van der Waals surface area contributed by atoms with Gasteiger partial charge < -0.3 is 15.5 Å². The summed E-state index contributed by atoms with van der Waals surface area (Å²) < 4.78 is 0. The third kappa shape index (κ3) is 6.47. The van der Waals surface area contributed by atoms with Gasteiger partial charge in [-0.15, -0.1) is 0 Å². The van der Waals surface area contributed by atoms with Crippen LogP contribution >= 0.6 is 0 Å². The summed E-state index contributed by atoms with van der Waals surface area (Å²) in [4.78, 5) is 28.3. The topological polar surface area (TPSA) is 79.8 Å². The van der Waals surface area contributed by atoms with Crippen LogP contribution in [0.15, 0.2) is 47.6 Å². The van der Waals surface area contributed by atoms with Crippen LogP contribution in [0.4, 0.5) is 11.4 Å². The van der Waals surface area contributed by atoms with E-state index in [4.69, 9.17) is 4.84 Å². The maximum absolute atomic E-state index is 11.8. The fourth-order valence-electron chi connectivity index (χ4n) is 2.24. The lowest BCUT2D eigenvalue weighted by Gasteiger charge is -2.06. The van der Waals surface area contributed by atoms with E-state index in [0.717, 1.165) is 22.9 Å². The van der Waals surface area contributed by atoms with Gasteiger partial charge in [-0.2, -0.15) is 0 Å². The number of nitrogens with zero attached hydrogens (tertiary/aromatic N) is 1. The van der Waals surface area contributed by atoms with Gasteiger partial charge in [-0.05, 0) is 56.2 Å². The minimum atomic E-state index is -0.432. The van der Waals surface area contributed by atoms with Crippen LogP contribution in [0.2, 0.25) is 0 Å². The number of oxime groups is 1. The Hall–Kier alpha value is -3.15. The Morgan fingerprint density at radius 2 is 1.56 bits per heavy atom. The number of hydrogen-bond donors (Lipinski definition) is 2. The molecule has 0 atom stereocenters. The number of carbonyl (C=O) groups excluding carboxylic acids is 2. The average molecular weight is 339 g/mol. The minimum absolute atomic E-state index is 0.276. The highest BCUT2D eigenvalue weighted by Crippen LogP contribution is 2.13. The number of nitrogens with one attached hydrogen (secondary N) is 2. The summed E-state index contributed by atoms with van der Waals surface area (Å²) in [7, 11) is 0. The minimum Gasteiger partial charge on any atom is -0.385 e. The Labute approximate surface area is 146 Å². The van der Waals surface area contributed by atoms with Gasteiger partial charge in [0.25, 0.3) is 11.8 Å². The zero-order valence-electron chi connectivity index (χ0n) is 14.5. The number of anilines is 2. The van der Waals surface area contributed by atoms with Crippen molar-refractivity contribution in [3.05, 3.63) is 59.2 Å². The standard InChI is InChI=1S/C19H21N3O3/c1-13-4-6-16(7-5-13)21-18(23)11-20-25-12-19(24)22-17-9-14(2)8-15(3)10-17/h4-11H,12H2,1-3H3,(H,21,23)(H,22,24). The van der Waals surface area contributed by atoms with E-state index in [9.17, 15) is 9.59 Å².